The summed E-state index contributed by atoms with van der Waals surface area (Å²) < 4.78 is 5.66. The zero-order valence-electron chi connectivity index (χ0n) is 9.72. The van der Waals surface area contributed by atoms with Crippen molar-refractivity contribution in [2.45, 2.75) is 25.3 Å². The Kier molecular flexibility index (Phi) is 3.62. The first-order chi connectivity index (χ1) is 7.75. The summed E-state index contributed by atoms with van der Waals surface area (Å²) in [6.45, 7) is 1.87. The maximum atomic E-state index is 5.66. The lowest BCUT2D eigenvalue weighted by Crippen LogP contribution is -2.40. The van der Waals surface area contributed by atoms with Gasteiger partial charge in [-0.2, -0.15) is 0 Å². The van der Waals surface area contributed by atoms with Gasteiger partial charge in [-0.25, -0.2) is 4.98 Å². The number of anilines is 1. The van der Waals surface area contributed by atoms with E-state index < -0.39 is 0 Å². The molecule has 1 atom stereocenters. The van der Waals surface area contributed by atoms with Crippen molar-refractivity contribution in [3.05, 3.63) is 18.3 Å². The van der Waals surface area contributed by atoms with Crippen LogP contribution in [0.4, 0.5) is 5.69 Å². The van der Waals surface area contributed by atoms with Crippen molar-refractivity contribution in [3.63, 3.8) is 0 Å². The van der Waals surface area contributed by atoms with Gasteiger partial charge in [0.2, 0.25) is 5.88 Å². The molecule has 1 aliphatic rings. The van der Waals surface area contributed by atoms with E-state index in [1.54, 1.807) is 18.3 Å². The van der Waals surface area contributed by atoms with Crippen molar-refractivity contribution in [1.82, 2.24) is 9.88 Å². The highest BCUT2D eigenvalue weighted by Crippen LogP contribution is 2.17. The van der Waals surface area contributed by atoms with Crippen LogP contribution in [-0.2, 0) is 0 Å². The van der Waals surface area contributed by atoms with E-state index in [0.29, 0.717) is 24.2 Å². The Morgan fingerprint density at radius 1 is 1.56 bits per heavy atom. The molecule has 1 aliphatic heterocycles. The van der Waals surface area contributed by atoms with Gasteiger partial charge < -0.3 is 15.4 Å². The zero-order chi connectivity index (χ0) is 11.4. The van der Waals surface area contributed by atoms with Crippen molar-refractivity contribution in [1.29, 1.82) is 0 Å². The minimum absolute atomic E-state index is 0.511. The first kappa shape index (κ1) is 11.2. The van der Waals surface area contributed by atoms with Gasteiger partial charge >= 0.3 is 0 Å². The summed E-state index contributed by atoms with van der Waals surface area (Å²) in [5.41, 5.74) is 6.36. The third-order valence-corrected chi connectivity index (χ3v) is 3.10. The Bertz CT molecular complexity index is 343. The van der Waals surface area contributed by atoms with Crippen molar-refractivity contribution in [2.24, 2.45) is 0 Å². The Hall–Kier alpha value is -1.29. The van der Waals surface area contributed by atoms with Crippen LogP contribution in [0.3, 0.4) is 0 Å². The molecule has 1 saturated heterocycles. The van der Waals surface area contributed by atoms with Crippen LogP contribution in [0, 0.1) is 0 Å². The van der Waals surface area contributed by atoms with Gasteiger partial charge in [0.15, 0.2) is 0 Å². The second-order valence-corrected chi connectivity index (χ2v) is 4.37. The smallest absolute Gasteiger partial charge is 0.215 e. The van der Waals surface area contributed by atoms with Gasteiger partial charge in [0.05, 0.1) is 0 Å². The number of rotatable bonds is 3. The lowest BCUT2D eigenvalue weighted by molar-refractivity contribution is 0.122. The van der Waals surface area contributed by atoms with E-state index >= 15 is 0 Å². The predicted molar refractivity (Wildman–Crippen MR) is 64.4 cm³/mol. The second kappa shape index (κ2) is 5.16. The van der Waals surface area contributed by atoms with Crippen molar-refractivity contribution in [2.75, 3.05) is 25.9 Å². The highest BCUT2D eigenvalue weighted by molar-refractivity contribution is 5.39. The number of pyridine rings is 1. The average Bonchev–Trinajstić information content (AvgIpc) is 2.28. The van der Waals surface area contributed by atoms with Crippen molar-refractivity contribution in [3.8, 4) is 5.88 Å². The number of likely N-dealkylation sites (tertiary alicyclic amines) is 1. The number of hydrogen-bond donors (Lipinski definition) is 1. The van der Waals surface area contributed by atoms with Crippen LogP contribution in [0.1, 0.15) is 19.3 Å². The largest absolute Gasteiger partial charge is 0.476 e. The third-order valence-electron chi connectivity index (χ3n) is 3.10. The number of nitrogen functional groups attached to an aromatic ring is 1. The van der Waals surface area contributed by atoms with Crippen LogP contribution in [0.15, 0.2) is 18.3 Å². The second-order valence-electron chi connectivity index (χ2n) is 4.37. The normalized spacial score (nSPS) is 21.9. The summed E-state index contributed by atoms with van der Waals surface area (Å²) in [7, 11) is 2.15. The third kappa shape index (κ3) is 2.85. The number of aromatic nitrogens is 1. The molecule has 1 unspecified atom stereocenters. The lowest BCUT2D eigenvalue weighted by atomic mass is 10.0. The van der Waals surface area contributed by atoms with Gasteiger partial charge in [-0.05, 0) is 32.5 Å². The molecule has 2 N–H and O–H groups in total. The highest BCUT2D eigenvalue weighted by atomic mass is 16.5. The quantitative estimate of drug-likeness (QED) is 0.841. The summed E-state index contributed by atoms with van der Waals surface area (Å²) >= 11 is 0. The molecule has 0 saturated carbocycles. The first-order valence-electron chi connectivity index (χ1n) is 5.80. The minimum atomic E-state index is 0.511. The van der Waals surface area contributed by atoms with Crippen LogP contribution >= 0.6 is 0 Å². The van der Waals surface area contributed by atoms with E-state index in [0.717, 1.165) is 0 Å². The van der Waals surface area contributed by atoms with Crippen LogP contribution in [0.5, 0.6) is 5.88 Å². The van der Waals surface area contributed by atoms with Gasteiger partial charge in [-0.15, -0.1) is 0 Å². The summed E-state index contributed by atoms with van der Waals surface area (Å²) in [6, 6.07) is 4.04. The van der Waals surface area contributed by atoms with E-state index in [2.05, 4.69) is 16.9 Å². The van der Waals surface area contributed by atoms with Crippen LogP contribution in [0.25, 0.3) is 0 Å². The van der Waals surface area contributed by atoms with Crippen molar-refractivity contribution < 1.29 is 4.74 Å². The SMILES string of the molecule is CN1CCCCC1COc1cc(N)ccn1. The summed E-state index contributed by atoms with van der Waals surface area (Å²) in [6.07, 6.45) is 5.47. The molecule has 0 aromatic carbocycles. The number of nitrogens with zero attached hydrogens (tertiary/aromatic N) is 2. The standard InChI is InChI=1S/C12H19N3O/c1-15-7-3-2-4-11(15)9-16-12-8-10(13)5-6-14-12/h5-6,8,11H,2-4,7,9H2,1H3,(H2,13,14). The number of piperidine rings is 1. The monoisotopic (exact) mass is 221 g/mol. The molecule has 0 spiro atoms. The summed E-state index contributed by atoms with van der Waals surface area (Å²) in [5, 5.41) is 0. The van der Waals surface area contributed by atoms with Gasteiger partial charge in [-0.3, -0.25) is 0 Å². The fourth-order valence-electron chi connectivity index (χ4n) is 2.04. The van der Waals surface area contributed by atoms with Gasteiger partial charge in [0, 0.05) is 24.0 Å². The molecule has 1 fully saturated rings. The number of hydrogen-bond acceptors (Lipinski definition) is 4. The Balaban J connectivity index is 1.86. The fourth-order valence-corrected chi connectivity index (χ4v) is 2.04. The molecule has 2 rings (SSSR count). The van der Waals surface area contributed by atoms with Gasteiger partial charge in [0.25, 0.3) is 0 Å². The summed E-state index contributed by atoms with van der Waals surface area (Å²) in [5.74, 6) is 0.624. The lowest BCUT2D eigenvalue weighted by Gasteiger charge is -2.31. The molecule has 16 heavy (non-hydrogen) atoms. The Morgan fingerprint density at radius 2 is 2.44 bits per heavy atom. The highest BCUT2D eigenvalue weighted by Gasteiger charge is 2.19. The van der Waals surface area contributed by atoms with Crippen LogP contribution in [0.2, 0.25) is 0 Å². The van der Waals surface area contributed by atoms with E-state index in [9.17, 15) is 0 Å². The van der Waals surface area contributed by atoms with Gasteiger partial charge in [0.1, 0.15) is 6.61 Å². The number of ether oxygens (including phenoxy) is 1. The van der Waals surface area contributed by atoms with E-state index in [4.69, 9.17) is 10.5 Å². The molecular weight excluding hydrogens is 202 g/mol. The van der Waals surface area contributed by atoms with Gasteiger partial charge in [-0.1, -0.05) is 6.42 Å². The average molecular weight is 221 g/mol. The molecule has 88 valence electrons. The molecule has 4 heteroatoms. The predicted octanol–water partition coefficient (Wildman–Crippen LogP) is 1.53. The molecule has 4 nitrogen and oxygen atoms in total. The maximum absolute atomic E-state index is 5.66. The van der Waals surface area contributed by atoms with Crippen molar-refractivity contribution >= 4 is 5.69 Å². The van der Waals surface area contributed by atoms with E-state index in [1.807, 2.05) is 0 Å². The Labute approximate surface area is 96.4 Å². The minimum Gasteiger partial charge on any atom is -0.476 e. The molecule has 0 amide bonds. The fraction of sp³-hybridized carbons (Fsp3) is 0.583. The first-order valence-corrected chi connectivity index (χ1v) is 5.80. The number of likely N-dealkylation sites (N-methyl/N-ethyl adjacent to an activating group) is 1. The van der Waals surface area contributed by atoms with Crippen LogP contribution < -0.4 is 10.5 Å². The molecular formula is C12H19N3O. The molecule has 1 aromatic rings. The topological polar surface area (TPSA) is 51.4 Å². The number of nitrogens with two attached hydrogens (primary N) is 1. The molecule has 2 heterocycles. The van der Waals surface area contributed by atoms with E-state index in [-0.39, 0.29) is 0 Å². The zero-order valence-corrected chi connectivity index (χ0v) is 9.72. The Morgan fingerprint density at radius 3 is 3.19 bits per heavy atom. The molecule has 0 bridgehead atoms. The van der Waals surface area contributed by atoms with E-state index in [1.165, 1.54) is 25.8 Å². The molecule has 0 radical (unpaired) electrons. The molecule has 0 aliphatic carbocycles. The molecule has 1 aromatic heterocycles. The summed E-state index contributed by atoms with van der Waals surface area (Å²) in [4.78, 5) is 6.49. The van der Waals surface area contributed by atoms with Crippen LogP contribution in [-0.4, -0.2) is 36.1 Å². The maximum Gasteiger partial charge on any atom is 0.215 e.